The molecule has 0 aliphatic rings. The molecule has 0 saturated heterocycles. The number of aryl methyl sites for hydroxylation is 1. The number of aromatic nitrogens is 1. The zero-order chi connectivity index (χ0) is 16.2. The summed E-state index contributed by atoms with van der Waals surface area (Å²) in [5.41, 5.74) is 3.58. The van der Waals surface area contributed by atoms with Crippen molar-refractivity contribution in [1.29, 1.82) is 0 Å². The van der Waals surface area contributed by atoms with Crippen molar-refractivity contribution in [2.24, 2.45) is 0 Å². The van der Waals surface area contributed by atoms with Crippen LogP contribution in [0.4, 0.5) is 5.69 Å². The third-order valence-electron chi connectivity index (χ3n) is 3.71. The molecule has 0 saturated carbocycles. The fraction of sp³-hybridized carbons (Fsp3) is 0.158. The number of hydrogen-bond donors (Lipinski definition) is 1. The molecule has 1 amide bonds. The molecule has 0 radical (unpaired) electrons. The van der Waals surface area contributed by atoms with E-state index in [0.29, 0.717) is 12.1 Å². The number of methoxy groups -OCH3 is 1. The Kier molecular flexibility index (Phi) is 4.24. The van der Waals surface area contributed by atoms with Crippen LogP contribution in [0, 0.1) is 6.92 Å². The van der Waals surface area contributed by atoms with E-state index in [0.717, 1.165) is 27.8 Å². The standard InChI is InChI=1S/C19H18N2O2/c1-13-7-8-14(9-18(13)23-2)10-19(22)21-16-11-15-5-3-4-6-17(15)20-12-16/h3-9,11-12H,10H2,1-2H3,(H,21,22). The van der Waals surface area contributed by atoms with Crippen molar-refractivity contribution in [1.82, 2.24) is 4.98 Å². The zero-order valence-electron chi connectivity index (χ0n) is 13.2. The highest BCUT2D eigenvalue weighted by atomic mass is 16.5. The third-order valence-corrected chi connectivity index (χ3v) is 3.71. The molecule has 1 heterocycles. The molecule has 0 atom stereocenters. The highest BCUT2D eigenvalue weighted by Crippen LogP contribution is 2.20. The maximum absolute atomic E-state index is 12.2. The number of amides is 1. The van der Waals surface area contributed by atoms with Crippen LogP contribution in [0.25, 0.3) is 10.9 Å². The van der Waals surface area contributed by atoms with Gasteiger partial charge in [-0.3, -0.25) is 9.78 Å². The van der Waals surface area contributed by atoms with E-state index in [1.807, 2.05) is 55.5 Å². The average Bonchev–Trinajstić information content (AvgIpc) is 2.56. The van der Waals surface area contributed by atoms with E-state index in [2.05, 4.69) is 10.3 Å². The van der Waals surface area contributed by atoms with Gasteiger partial charge >= 0.3 is 0 Å². The van der Waals surface area contributed by atoms with Crippen LogP contribution in [0.3, 0.4) is 0 Å². The first kappa shape index (κ1) is 15.0. The topological polar surface area (TPSA) is 51.2 Å². The number of pyridine rings is 1. The van der Waals surface area contributed by atoms with Gasteiger partial charge in [-0.25, -0.2) is 0 Å². The maximum atomic E-state index is 12.2. The molecule has 0 spiro atoms. The summed E-state index contributed by atoms with van der Waals surface area (Å²) in [6, 6.07) is 15.5. The van der Waals surface area contributed by atoms with Crippen molar-refractivity contribution in [3.8, 4) is 5.75 Å². The molecular formula is C19H18N2O2. The van der Waals surface area contributed by atoms with Gasteiger partial charge in [0.25, 0.3) is 0 Å². The molecule has 2 aromatic carbocycles. The van der Waals surface area contributed by atoms with Gasteiger partial charge < -0.3 is 10.1 Å². The molecule has 23 heavy (non-hydrogen) atoms. The number of nitrogens with one attached hydrogen (secondary N) is 1. The molecule has 116 valence electrons. The molecule has 0 bridgehead atoms. The minimum Gasteiger partial charge on any atom is -0.496 e. The van der Waals surface area contributed by atoms with Gasteiger partial charge in [-0.05, 0) is 36.2 Å². The van der Waals surface area contributed by atoms with Crippen molar-refractivity contribution >= 4 is 22.5 Å². The third kappa shape index (κ3) is 3.48. The lowest BCUT2D eigenvalue weighted by atomic mass is 10.1. The van der Waals surface area contributed by atoms with Gasteiger partial charge in [0.05, 0.1) is 30.9 Å². The second kappa shape index (κ2) is 6.48. The fourth-order valence-corrected chi connectivity index (χ4v) is 2.50. The van der Waals surface area contributed by atoms with E-state index >= 15 is 0 Å². The number of carbonyl (C=O) groups excluding carboxylic acids is 1. The SMILES string of the molecule is COc1cc(CC(=O)Nc2cnc3ccccc3c2)ccc1C. The molecule has 4 heteroatoms. The van der Waals surface area contributed by atoms with Gasteiger partial charge in [0, 0.05) is 5.39 Å². The summed E-state index contributed by atoms with van der Waals surface area (Å²) in [7, 11) is 1.63. The quantitative estimate of drug-likeness (QED) is 0.799. The van der Waals surface area contributed by atoms with Crippen molar-refractivity contribution in [2.75, 3.05) is 12.4 Å². The predicted octanol–water partition coefficient (Wildman–Crippen LogP) is 3.73. The first-order chi connectivity index (χ1) is 11.2. The molecule has 4 nitrogen and oxygen atoms in total. The normalized spacial score (nSPS) is 10.5. The molecular weight excluding hydrogens is 288 g/mol. The van der Waals surface area contributed by atoms with E-state index in [9.17, 15) is 4.79 Å². The molecule has 1 N–H and O–H groups in total. The summed E-state index contributed by atoms with van der Waals surface area (Å²) in [6.45, 7) is 1.98. The van der Waals surface area contributed by atoms with Gasteiger partial charge in [0.2, 0.25) is 5.91 Å². The lowest BCUT2D eigenvalue weighted by Gasteiger charge is -2.09. The monoisotopic (exact) mass is 306 g/mol. The van der Waals surface area contributed by atoms with Gasteiger partial charge in [0.15, 0.2) is 0 Å². The van der Waals surface area contributed by atoms with Gasteiger partial charge in [-0.15, -0.1) is 0 Å². The minimum absolute atomic E-state index is 0.0759. The Morgan fingerprint density at radius 3 is 2.83 bits per heavy atom. The van der Waals surface area contributed by atoms with Crippen molar-refractivity contribution in [3.63, 3.8) is 0 Å². The van der Waals surface area contributed by atoms with E-state index in [1.165, 1.54) is 0 Å². The minimum atomic E-state index is -0.0759. The van der Waals surface area contributed by atoms with Crippen LogP contribution in [-0.2, 0) is 11.2 Å². The Hall–Kier alpha value is -2.88. The van der Waals surface area contributed by atoms with E-state index in [1.54, 1.807) is 13.3 Å². The maximum Gasteiger partial charge on any atom is 0.228 e. The zero-order valence-corrected chi connectivity index (χ0v) is 13.2. The van der Waals surface area contributed by atoms with E-state index in [-0.39, 0.29) is 5.91 Å². The van der Waals surface area contributed by atoms with Crippen LogP contribution in [0.15, 0.2) is 54.7 Å². The van der Waals surface area contributed by atoms with Gasteiger partial charge in [-0.1, -0.05) is 30.3 Å². The number of carbonyl (C=O) groups is 1. The van der Waals surface area contributed by atoms with Crippen LogP contribution in [0.5, 0.6) is 5.75 Å². The highest BCUT2D eigenvalue weighted by molar-refractivity contribution is 5.94. The smallest absolute Gasteiger partial charge is 0.228 e. The lowest BCUT2D eigenvalue weighted by Crippen LogP contribution is -2.14. The second-order valence-electron chi connectivity index (χ2n) is 5.45. The number of ether oxygens (including phenoxy) is 1. The molecule has 3 rings (SSSR count). The summed E-state index contributed by atoms with van der Waals surface area (Å²) in [5, 5.41) is 3.89. The Bertz CT molecular complexity index is 859. The Morgan fingerprint density at radius 2 is 2.00 bits per heavy atom. The summed E-state index contributed by atoms with van der Waals surface area (Å²) < 4.78 is 5.29. The largest absolute Gasteiger partial charge is 0.496 e. The van der Waals surface area contributed by atoms with Crippen molar-refractivity contribution in [3.05, 3.63) is 65.9 Å². The number of fused-ring (bicyclic) bond motifs is 1. The molecule has 0 unspecified atom stereocenters. The number of benzene rings is 2. The molecule has 1 aromatic heterocycles. The van der Waals surface area contributed by atoms with Crippen LogP contribution in [0.1, 0.15) is 11.1 Å². The predicted molar refractivity (Wildman–Crippen MR) is 91.8 cm³/mol. The Labute approximate surface area is 135 Å². The van der Waals surface area contributed by atoms with E-state index < -0.39 is 0 Å². The Balaban J connectivity index is 1.73. The second-order valence-corrected chi connectivity index (χ2v) is 5.45. The summed E-state index contributed by atoms with van der Waals surface area (Å²) >= 11 is 0. The summed E-state index contributed by atoms with van der Waals surface area (Å²) in [6.07, 6.45) is 1.97. The summed E-state index contributed by atoms with van der Waals surface area (Å²) in [4.78, 5) is 16.6. The van der Waals surface area contributed by atoms with Gasteiger partial charge in [0.1, 0.15) is 5.75 Å². The van der Waals surface area contributed by atoms with Crippen LogP contribution in [0.2, 0.25) is 0 Å². The van der Waals surface area contributed by atoms with Crippen LogP contribution in [-0.4, -0.2) is 18.0 Å². The molecule has 0 fully saturated rings. The first-order valence-corrected chi connectivity index (χ1v) is 7.44. The van der Waals surface area contributed by atoms with Crippen molar-refractivity contribution in [2.45, 2.75) is 13.3 Å². The lowest BCUT2D eigenvalue weighted by molar-refractivity contribution is -0.115. The molecule has 3 aromatic rings. The van der Waals surface area contributed by atoms with Crippen LogP contribution < -0.4 is 10.1 Å². The average molecular weight is 306 g/mol. The fourth-order valence-electron chi connectivity index (χ4n) is 2.50. The Morgan fingerprint density at radius 1 is 1.17 bits per heavy atom. The van der Waals surface area contributed by atoms with E-state index in [4.69, 9.17) is 4.74 Å². The summed E-state index contributed by atoms with van der Waals surface area (Å²) in [5.74, 6) is 0.718. The number of hydrogen-bond acceptors (Lipinski definition) is 3. The molecule has 0 aliphatic heterocycles. The number of nitrogens with zero attached hydrogens (tertiary/aromatic N) is 1. The first-order valence-electron chi connectivity index (χ1n) is 7.44. The number of para-hydroxylation sites is 1. The number of anilines is 1. The van der Waals surface area contributed by atoms with Crippen molar-refractivity contribution < 1.29 is 9.53 Å². The number of rotatable bonds is 4. The molecule has 0 aliphatic carbocycles. The van der Waals surface area contributed by atoms with Crippen LogP contribution >= 0.6 is 0 Å². The highest BCUT2D eigenvalue weighted by Gasteiger charge is 2.07. The van der Waals surface area contributed by atoms with Gasteiger partial charge in [-0.2, -0.15) is 0 Å².